The molecule has 1 saturated heterocycles. The molecule has 0 unspecified atom stereocenters. The number of rotatable bonds is 2. The predicted molar refractivity (Wildman–Crippen MR) is 99.9 cm³/mol. The second-order valence-corrected chi connectivity index (χ2v) is 6.99. The number of halogens is 1. The van der Waals surface area contributed by atoms with E-state index in [1.807, 2.05) is 12.1 Å². The number of anilines is 1. The summed E-state index contributed by atoms with van der Waals surface area (Å²) in [4.78, 5) is 14.6. The van der Waals surface area contributed by atoms with Gasteiger partial charge >= 0.3 is 0 Å². The quantitative estimate of drug-likeness (QED) is 0.890. The van der Waals surface area contributed by atoms with E-state index < -0.39 is 11.7 Å². The SMILES string of the molecule is CN1CCC2(C=Cc3cc(NC(=O)c4ccccc4F)ccc3O2)CC1. The molecule has 2 aliphatic rings. The summed E-state index contributed by atoms with van der Waals surface area (Å²) in [6, 6.07) is 11.5. The molecule has 2 aromatic carbocycles. The number of carbonyl (C=O) groups excluding carboxylic acids is 1. The first kappa shape index (κ1) is 16.8. The zero-order valence-corrected chi connectivity index (χ0v) is 14.7. The summed E-state index contributed by atoms with van der Waals surface area (Å²) in [5.41, 5.74) is 1.34. The number of likely N-dealkylation sites (tertiary alicyclic amines) is 1. The van der Waals surface area contributed by atoms with Crippen LogP contribution in [0, 0.1) is 5.82 Å². The number of piperidine rings is 1. The first-order valence-electron chi connectivity index (χ1n) is 8.81. The number of carbonyl (C=O) groups is 1. The lowest BCUT2D eigenvalue weighted by Gasteiger charge is -2.40. The summed E-state index contributed by atoms with van der Waals surface area (Å²) < 4.78 is 20.0. The molecule has 5 heteroatoms. The Kier molecular flexibility index (Phi) is 4.24. The second kappa shape index (κ2) is 6.57. The fourth-order valence-corrected chi connectivity index (χ4v) is 3.45. The highest BCUT2D eigenvalue weighted by Gasteiger charge is 2.35. The van der Waals surface area contributed by atoms with Crippen molar-refractivity contribution in [3.8, 4) is 5.75 Å². The molecular weight excluding hydrogens is 331 g/mol. The van der Waals surface area contributed by atoms with Gasteiger partial charge in [0.15, 0.2) is 0 Å². The van der Waals surface area contributed by atoms with Gasteiger partial charge in [-0.2, -0.15) is 0 Å². The number of ether oxygens (including phenoxy) is 1. The molecule has 2 aliphatic heterocycles. The first-order valence-corrected chi connectivity index (χ1v) is 8.81. The van der Waals surface area contributed by atoms with Crippen molar-refractivity contribution in [2.75, 3.05) is 25.5 Å². The van der Waals surface area contributed by atoms with Crippen molar-refractivity contribution < 1.29 is 13.9 Å². The number of amides is 1. The van der Waals surface area contributed by atoms with Crippen LogP contribution in [0.25, 0.3) is 6.08 Å². The van der Waals surface area contributed by atoms with Crippen molar-refractivity contribution in [3.05, 3.63) is 65.5 Å². The third-order valence-electron chi connectivity index (χ3n) is 5.10. The molecule has 0 aromatic heterocycles. The Bertz CT molecular complexity index is 870. The largest absolute Gasteiger partial charge is 0.482 e. The predicted octanol–water partition coefficient (Wildman–Crippen LogP) is 3.95. The van der Waals surface area contributed by atoms with Crippen LogP contribution in [0.4, 0.5) is 10.1 Å². The van der Waals surface area contributed by atoms with Gasteiger partial charge in [0.05, 0.1) is 5.56 Å². The Morgan fingerprint density at radius 1 is 1.19 bits per heavy atom. The van der Waals surface area contributed by atoms with E-state index >= 15 is 0 Å². The van der Waals surface area contributed by atoms with Crippen molar-refractivity contribution in [2.24, 2.45) is 0 Å². The van der Waals surface area contributed by atoms with Crippen molar-refractivity contribution in [3.63, 3.8) is 0 Å². The highest BCUT2D eigenvalue weighted by atomic mass is 19.1. The summed E-state index contributed by atoms with van der Waals surface area (Å²) in [6.45, 7) is 2.02. The molecule has 1 amide bonds. The van der Waals surface area contributed by atoms with Gasteiger partial charge in [0, 0.05) is 37.2 Å². The Morgan fingerprint density at radius 3 is 2.73 bits per heavy atom. The van der Waals surface area contributed by atoms with Crippen LogP contribution in [0.1, 0.15) is 28.8 Å². The molecule has 0 saturated carbocycles. The maximum absolute atomic E-state index is 13.8. The van der Waals surface area contributed by atoms with Crippen molar-refractivity contribution >= 4 is 17.7 Å². The van der Waals surface area contributed by atoms with Crippen LogP contribution in [0.5, 0.6) is 5.75 Å². The normalized spacial score (nSPS) is 18.2. The van der Waals surface area contributed by atoms with Crippen LogP contribution in [0.2, 0.25) is 0 Å². The van der Waals surface area contributed by atoms with Crippen molar-refractivity contribution in [2.45, 2.75) is 18.4 Å². The fraction of sp³-hybridized carbons (Fsp3) is 0.286. The fourth-order valence-electron chi connectivity index (χ4n) is 3.45. The molecule has 1 spiro atoms. The Balaban J connectivity index is 1.51. The maximum Gasteiger partial charge on any atom is 0.258 e. The van der Waals surface area contributed by atoms with Gasteiger partial charge in [-0.3, -0.25) is 4.79 Å². The molecule has 4 rings (SSSR count). The van der Waals surface area contributed by atoms with E-state index in [1.54, 1.807) is 18.2 Å². The summed E-state index contributed by atoms with van der Waals surface area (Å²) in [5, 5.41) is 2.75. The molecule has 0 bridgehead atoms. The summed E-state index contributed by atoms with van der Waals surface area (Å²) in [5.74, 6) is -0.174. The zero-order valence-electron chi connectivity index (χ0n) is 14.7. The van der Waals surface area contributed by atoms with E-state index in [2.05, 4.69) is 29.4 Å². The maximum atomic E-state index is 13.8. The van der Waals surface area contributed by atoms with E-state index in [-0.39, 0.29) is 11.2 Å². The number of hydrogen-bond donors (Lipinski definition) is 1. The van der Waals surface area contributed by atoms with Gasteiger partial charge < -0.3 is 15.0 Å². The second-order valence-electron chi connectivity index (χ2n) is 6.99. The summed E-state index contributed by atoms with van der Waals surface area (Å²) >= 11 is 0. The van der Waals surface area contributed by atoms with Gasteiger partial charge in [0.2, 0.25) is 0 Å². The van der Waals surface area contributed by atoms with Gasteiger partial charge in [0.1, 0.15) is 17.2 Å². The van der Waals surface area contributed by atoms with E-state index in [1.165, 1.54) is 12.1 Å². The lowest BCUT2D eigenvalue weighted by atomic mass is 9.88. The minimum atomic E-state index is -0.532. The minimum Gasteiger partial charge on any atom is -0.482 e. The number of nitrogens with zero attached hydrogens (tertiary/aromatic N) is 1. The minimum absolute atomic E-state index is 0.0299. The summed E-state index contributed by atoms with van der Waals surface area (Å²) in [6.07, 6.45) is 6.12. The number of benzene rings is 2. The topological polar surface area (TPSA) is 41.6 Å². The standard InChI is InChI=1S/C21H21FN2O2/c1-24-12-10-21(11-13-24)9-8-15-14-16(6-7-19(15)26-21)23-20(25)17-4-2-3-5-18(17)22/h2-9,14H,10-13H2,1H3,(H,23,25). The van der Waals surface area contributed by atoms with Crippen LogP contribution < -0.4 is 10.1 Å². The molecule has 0 aliphatic carbocycles. The molecular formula is C21H21FN2O2. The number of fused-ring (bicyclic) bond motifs is 1. The average Bonchev–Trinajstić information content (AvgIpc) is 2.65. The van der Waals surface area contributed by atoms with Gasteiger partial charge in [-0.05, 0) is 43.5 Å². The molecule has 1 N–H and O–H groups in total. The lowest BCUT2D eigenvalue weighted by Crippen LogP contribution is -2.46. The van der Waals surface area contributed by atoms with E-state index in [0.717, 1.165) is 37.2 Å². The molecule has 1 fully saturated rings. The van der Waals surface area contributed by atoms with E-state index in [4.69, 9.17) is 4.74 Å². The van der Waals surface area contributed by atoms with E-state index in [9.17, 15) is 9.18 Å². The van der Waals surface area contributed by atoms with Gasteiger partial charge in [-0.15, -0.1) is 0 Å². The third kappa shape index (κ3) is 3.22. The molecule has 2 aromatic rings. The van der Waals surface area contributed by atoms with Gasteiger partial charge in [-0.25, -0.2) is 4.39 Å². The van der Waals surface area contributed by atoms with E-state index in [0.29, 0.717) is 5.69 Å². The Labute approximate surface area is 152 Å². The van der Waals surface area contributed by atoms with Crippen LogP contribution in [-0.4, -0.2) is 36.5 Å². The highest BCUT2D eigenvalue weighted by Crippen LogP contribution is 2.37. The highest BCUT2D eigenvalue weighted by molar-refractivity contribution is 6.04. The molecule has 0 radical (unpaired) electrons. The van der Waals surface area contributed by atoms with Crippen LogP contribution in [0.15, 0.2) is 48.5 Å². The zero-order chi connectivity index (χ0) is 18.1. The molecule has 4 nitrogen and oxygen atoms in total. The van der Waals surface area contributed by atoms with Crippen LogP contribution in [0.3, 0.4) is 0 Å². The monoisotopic (exact) mass is 352 g/mol. The van der Waals surface area contributed by atoms with Gasteiger partial charge in [0.25, 0.3) is 5.91 Å². The van der Waals surface area contributed by atoms with Crippen LogP contribution >= 0.6 is 0 Å². The molecule has 134 valence electrons. The third-order valence-corrected chi connectivity index (χ3v) is 5.10. The molecule has 0 atom stereocenters. The van der Waals surface area contributed by atoms with Gasteiger partial charge in [-0.1, -0.05) is 18.2 Å². The summed E-state index contributed by atoms with van der Waals surface area (Å²) in [7, 11) is 2.12. The van der Waals surface area contributed by atoms with Crippen molar-refractivity contribution in [1.82, 2.24) is 4.90 Å². The first-order chi connectivity index (χ1) is 12.5. The lowest BCUT2D eigenvalue weighted by molar-refractivity contribution is 0.0473. The molecule has 26 heavy (non-hydrogen) atoms. The average molecular weight is 352 g/mol. The van der Waals surface area contributed by atoms with Crippen LogP contribution in [-0.2, 0) is 0 Å². The molecule has 2 heterocycles. The number of nitrogens with one attached hydrogen (secondary N) is 1. The smallest absolute Gasteiger partial charge is 0.258 e. The van der Waals surface area contributed by atoms with Crippen molar-refractivity contribution in [1.29, 1.82) is 0 Å². The Hall–Kier alpha value is -2.66. The number of hydrogen-bond acceptors (Lipinski definition) is 3. The Morgan fingerprint density at radius 2 is 1.96 bits per heavy atom.